The summed E-state index contributed by atoms with van der Waals surface area (Å²) in [6.07, 6.45) is 5.15. The van der Waals surface area contributed by atoms with Crippen LogP contribution in [0.25, 0.3) is 11.1 Å². The Kier molecular flexibility index (Phi) is 4.97. The predicted molar refractivity (Wildman–Crippen MR) is 103 cm³/mol. The molecule has 0 radical (unpaired) electrons. The second kappa shape index (κ2) is 7.72. The van der Waals surface area contributed by atoms with E-state index in [2.05, 4.69) is 15.0 Å². The molecule has 6 nitrogen and oxygen atoms in total. The van der Waals surface area contributed by atoms with Crippen molar-refractivity contribution in [2.75, 3.05) is 12.3 Å². The average molecular weight is 377 g/mol. The lowest BCUT2D eigenvalue weighted by atomic mass is 9.99. The van der Waals surface area contributed by atoms with Crippen molar-refractivity contribution in [3.05, 3.63) is 72.1 Å². The van der Waals surface area contributed by atoms with Crippen molar-refractivity contribution in [1.29, 1.82) is 0 Å². The van der Waals surface area contributed by atoms with E-state index in [1.165, 1.54) is 12.1 Å². The van der Waals surface area contributed by atoms with Gasteiger partial charge in [0.25, 0.3) is 0 Å². The Morgan fingerprint density at radius 2 is 2.11 bits per heavy atom. The number of hydrogen-bond acceptors (Lipinski definition) is 5. The summed E-state index contributed by atoms with van der Waals surface area (Å²) < 4.78 is 13.8. The number of nitrogens with zero attached hydrogens (tertiary/aromatic N) is 4. The highest BCUT2D eigenvalue weighted by molar-refractivity contribution is 5.79. The SMILES string of the molecule is Nc1ncc(-c2cccc(F)c2)c([C@H]2CCCN2C(=O)Cc2ccccn2)n1. The smallest absolute Gasteiger partial charge is 0.229 e. The fourth-order valence-electron chi connectivity index (χ4n) is 3.65. The Hall–Kier alpha value is -3.35. The monoisotopic (exact) mass is 377 g/mol. The van der Waals surface area contributed by atoms with Crippen LogP contribution in [0.15, 0.2) is 54.9 Å². The summed E-state index contributed by atoms with van der Waals surface area (Å²) in [5.41, 5.74) is 8.58. The maximum absolute atomic E-state index is 13.8. The molecular formula is C21H20FN5O. The van der Waals surface area contributed by atoms with E-state index in [1.54, 1.807) is 24.5 Å². The molecule has 1 fully saturated rings. The fourth-order valence-corrected chi connectivity index (χ4v) is 3.65. The minimum atomic E-state index is -0.338. The lowest BCUT2D eigenvalue weighted by Crippen LogP contribution is -2.32. The number of carbonyl (C=O) groups excluding carboxylic acids is 1. The van der Waals surface area contributed by atoms with Gasteiger partial charge in [-0.3, -0.25) is 9.78 Å². The van der Waals surface area contributed by atoms with Crippen LogP contribution in [-0.4, -0.2) is 32.3 Å². The topological polar surface area (TPSA) is 85.0 Å². The van der Waals surface area contributed by atoms with Gasteiger partial charge in [0.2, 0.25) is 11.9 Å². The number of rotatable bonds is 4. The molecule has 3 heterocycles. The number of benzene rings is 1. The second-order valence-corrected chi connectivity index (χ2v) is 6.78. The van der Waals surface area contributed by atoms with Crippen LogP contribution in [-0.2, 0) is 11.2 Å². The van der Waals surface area contributed by atoms with Crippen molar-refractivity contribution in [1.82, 2.24) is 19.9 Å². The number of pyridine rings is 1. The molecule has 0 bridgehead atoms. The molecule has 2 aromatic heterocycles. The van der Waals surface area contributed by atoms with E-state index in [0.717, 1.165) is 18.5 Å². The third kappa shape index (κ3) is 3.69. The van der Waals surface area contributed by atoms with Gasteiger partial charge in [0.15, 0.2) is 0 Å². The zero-order chi connectivity index (χ0) is 19.5. The van der Waals surface area contributed by atoms with Crippen molar-refractivity contribution in [2.24, 2.45) is 0 Å². The van der Waals surface area contributed by atoms with E-state index in [4.69, 9.17) is 5.73 Å². The fraction of sp³-hybridized carbons (Fsp3) is 0.238. The highest BCUT2D eigenvalue weighted by Gasteiger charge is 2.33. The van der Waals surface area contributed by atoms with Crippen LogP contribution >= 0.6 is 0 Å². The summed E-state index contributed by atoms with van der Waals surface area (Å²) in [7, 11) is 0. The van der Waals surface area contributed by atoms with Crippen molar-refractivity contribution < 1.29 is 9.18 Å². The van der Waals surface area contributed by atoms with Gasteiger partial charge in [-0.2, -0.15) is 0 Å². The number of halogens is 1. The molecule has 1 aromatic carbocycles. The number of amides is 1. The molecule has 0 aliphatic carbocycles. The zero-order valence-electron chi connectivity index (χ0n) is 15.3. The van der Waals surface area contributed by atoms with Crippen LogP contribution in [0.2, 0.25) is 0 Å². The van der Waals surface area contributed by atoms with E-state index in [9.17, 15) is 9.18 Å². The minimum Gasteiger partial charge on any atom is -0.368 e. The van der Waals surface area contributed by atoms with Gasteiger partial charge >= 0.3 is 0 Å². The largest absolute Gasteiger partial charge is 0.368 e. The highest BCUT2D eigenvalue weighted by atomic mass is 19.1. The lowest BCUT2D eigenvalue weighted by Gasteiger charge is -2.26. The summed E-state index contributed by atoms with van der Waals surface area (Å²) in [5.74, 6) is -0.211. The average Bonchev–Trinajstić information content (AvgIpc) is 3.18. The molecule has 2 N–H and O–H groups in total. The van der Waals surface area contributed by atoms with Gasteiger partial charge in [-0.1, -0.05) is 18.2 Å². The Bertz CT molecular complexity index is 995. The molecule has 1 aliphatic rings. The van der Waals surface area contributed by atoms with Gasteiger partial charge in [0.05, 0.1) is 18.2 Å². The van der Waals surface area contributed by atoms with Crippen LogP contribution < -0.4 is 5.73 Å². The molecule has 3 aromatic rings. The van der Waals surface area contributed by atoms with Gasteiger partial charge in [0, 0.05) is 30.2 Å². The molecule has 28 heavy (non-hydrogen) atoms. The molecular weight excluding hydrogens is 357 g/mol. The van der Waals surface area contributed by atoms with Crippen LogP contribution in [0, 0.1) is 5.82 Å². The lowest BCUT2D eigenvalue weighted by molar-refractivity contribution is -0.131. The maximum atomic E-state index is 13.8. The molecule has 1 saturated heterocycles. The number of anilines is 1. The predicted octanol–water partition coefficient (Wildman–Crippen LogP) is 3.17. The van der Waals surface area contributed by atoms with Gasteiger partial charge < -0.3 is 10.6 Å². The Balaban J connectivity index is 1.67. The maximum Gasteiger partial charge on any atom is 0.229 e. The molecule has 1 amide bonds. The van der Waals surface area contributed by atoms with Crippen molar-refractivity contribution in [3.8, 4) is 11.1 Å². The number of carbonyl (C=O) groups is 1. The van der Waals surface area contributed by atoms with Gasteiger partial charge in [-0.15, -0.1) is 0 Å². The van der Waals surface area contributed by atoms with Crippen LogP contribution in [0.5, 0.6) is 0 Å². The first-order chi connectivity index (χ1) is 13.6. The second-order valence-electron chi connectivity index (χ2n) is 6.78. The molecule has 1 aliphatic heterocycles. The molecule has 0 spiro atoms. The van der Waals surface area contributed by atoms with Crippen molar-refractivity contribution >= 4 is 11.9 Å². The molecule has 0 unspecified atom stereocenters. The molecule has 142 valence electrons. The summed E-state index contributed by atoms with van der Waals surface area (Å²) >= 11 is 0. The normalized spacial score (nSPS) is 16.3. The van der Waals surface area contributed by atoms with E-state index < -0.39 is 0 Å². The number of likely N-dealkylation sites (tertiary alicyclic amines) is 1. The van der Waals surface area contributed by atoms with Gasteiger partial charge in [-0.05, 0) is 42.7 Å². The first-order valence-corrected chi connectivity index (χ1v) is 9.19. The Labute approximate surface area is 162 Å². The molecule has 0 saturated carbocycles. The van der Waals surface area contributed by atoms with Crippen LogP contribution in [0.1, 0.15) is 30.3 Å². The quantitative estimate of drug-likeness (QED) is 0.755. The molecule has 4 rings (SSSR count). The summed E-state index contributed by atoms with van der Waals surface area (Å²) in [5, 5.41) is 0. The third-order valence-electron chi connectivity index (χ3n) is 4.92. The molecule has 1 atom stereocenters. The standard InChI is InChI=1S/C21H20FN5O/c22-15-6-3-5-14(11-15)17-13-25-21(23)26-20(17)18-8-4-10-27(18)19(28)12-16-7-1-2-9-24-16/h1-3,5-7,9,11,13,18H,4,8,10,12H2,(H2,23,25,26)/t18-/m1/s1. The van der Waals surface area contributed by atoms with Crippen molar-refractivity contribution in [3.63, 3.8) is 0 Å². The van der Waals surface area contributed by atoms with Crippen molar-refractivity contribution in [2.45, 2.75) is 25.3 Å². The Morgan fingerprint density at radius 3 is 2.89 bits per heavy atom. The third-order valence-corrected chi connectivity index (χ3v) is 4.92. The van der Waals surface area contributed by atoms with E-state index in [0.29, 0.717) is 23.4 Å². The summed E-state index contributed by atoms with van der Waals surface area (Å²) in [6, 6.07) is 11.6. The minimum absolute atomic E-state index is 0.0106. The first kappa shape index (κ1) is 18.0. The summed E-state index contributed by atoms with van der Waals surface area (Å²) in [4.78, 5) is 27.5. The number of aromatic nitrogens is 3. The van der Waals surface area contributed by atoms with Crippen LogP contribution in [0.3, 0.4) is 0 Å². The van der Waals surface area contributed by atoms with E-state index >= 15 is 0 Å². The van der Waals surface area contributed by atoms with Gasteiger partial charge in [0.1, 0.15) is 5.82 Å². The molecule has 7 heteroatoms. The summed E-state index contributed by atoms with van der Waals surface area (Å²) in [6.45, 7) is 0.642. The van der Waals surface area contributed by atoms with Crippen LogP contribution in [0.4, 0.5) is 10.3 Å². The Morgan fingerprint density at radius 1 is 1.21 bits per heavy atom. The zero-order valence-corrected chi connectivity index (χ0v) is 15.3. The number of hydrogen-bond donors (Lipinski definition) is 1. The number of nitrogens with two attached hydrogens (primary N) is 1. The van der Waals surface area contributed by atoms with E-state index in [-0.39, 0.29) is 30.1 Å². The highest BCUT2D eigenvalue weighted by Crippen LogP contribution is 2.37. The number of nitrogen functional groups attached to an aromatic ring is 1. The van der Waals surface area contributed by atoms with Gasteiger partial charge in [-0.25, -0.2) is 14.4 Å². The first-order valence-electron chi connectivity index (χ1n) is 9.19. The van der Waals surface area contributed by atoms with E-state index in [1.807, 2.05) is 23.1 Å².